The summed E-state index contributed by atoms with van der Waals surface area (Å²) in [5.74, 6) is 1.10. The smallest absolute Gasteiger partial charge is 0.220 e. The van der Waals surface area contributed by atoms with Gasteiger partial charge >= 0.3 is 0 Å². The van der Waals surface area contributed by atoms with Crippen LogP contribution in [0.25, 0.3) is 0 Å². The Balaban J connectivity index is 1.41. The summed E-state index contributed by atoms with van der Waals surface area (Å²) >= 11 is 0. The van der Waals surface area contributed by atoms with Crippen LogP contribution >= 0.6 is 0 Å². The van der Waals surface area contributed by atoms with E-state index in [9.17, 15) is 9.18 Å². The van der Waals surface area contributed by atoms with E-state index >= 15 is 0 Å². The van der Waals surface area contributed by atoms with Gasteiger partial charge in [-0.2, -0.15) is 0 Å². The minimum atomic E-state index is -0.216. The average molecular weight is 356 g/mol. The van der Waals surface area contributed by atoms with Crippen molar-refractivity contribution >= 4 is 11.6 Å². The monoisotopic (exact) mass is 356 g/mol. The number of aryl methyl sites for hydroxylation is 1. The predicted molar refractivity (Wildman–Crippen MR) is 101 cm³/mol. The summed E-state index contributed by atoms with van der Waals surface area (Å²) < 4.78 is 18.3. The standard InChI is InChI=1S/C21H25FN2O2/c1-26-20-5-3-2-4-17(20)6-11-21(25)23-14-16-12-13-24(15-16)19-9-7-18(22)8-10-19/h2-5,7-10,16H,6,11-15H2,1H3,(H,23,25). The lowest BCUT2D eigenvalue weighted by Gasteiger charge is -2.19. The van der Waals surface area contributed by atoms with E-state index in [1.807, 2.05) is 36.4 Å². The van der Waals surface area contributed by atoms with Crippen LogP contribution in [0, 0.1) is 11.7 Å². The molecule has 138 valence electrons. The summed E-state index contributed by atoms with van der Waals surface area (Å²) in [6, 6.07) is 14.4. The molecule has 2 aromatic rings. The Bertz CT molecular complexity index is 733. The minimum Gasteiger partial charge on any atom is -0.496 e. The largest absolute Gasteiger partial charge is 0.496 e. The maximum absolute atomic E-state index is 13.0. The Morgan fingerprint density at radius 2 is 2.00 bits per heavy atom. The van der Waals surface area contributed by atoms with Crippen LogP contribution < -0.4 is 15.0 Å². The maximum Gasteiger partial charge on any atom is 0.220 e. The van der Waals surface area contributed by atoms with E-state index in [-0.39, 0.29) is 11.7 Å². The second kappa shape index (κ2) is 8.70. The molecule has 0 aromatic heterocycles. The summed E-state index contributed by atoms with van der Waals surface area (Å²) in [4.78, 5) is 14.4. The Hall–Kier alpha value is -2.56. The van der Waals surface area contributed by atoms with Gasteiger partial charge in [0.25, 0.3) is 0 Å². The van der Waals surface area contributed by atoms with E-state index in [0.717, 1.165) is 36.5 Å². The van der Waals surface area contributed by atoms with E-state index in [1.165, 1.54) is 12.1 Å². The highest BCUT2D eigenvalue weighted by Gasteiger charge is 2.23. The number of anilines is 1. The lowest BCUT2D eigenvalue weighted by molar-refractivity contribution is -0.121. The fourth-order valence-electron chi connectivity index (χ4n) is 3.39. The van der Waals surface area contributed by atoms with Gasteiger partial charge in [0.15, 0.2) is 0 Å². The van der Waals surface area contributed by atoms with Crippen LogP contribution in [0.5, 0.6) is 5.75 Å². The van der Waals surface area contributed by atoms with Crippen molar-refractivity contribution in [3.63, 3.8) is 0 Å². The molecule has 1 aliphatic rings. The number of carbonyl (C=O) groups excluding carboxylic acids is 1. The van der Waals surface area contributed by atoms with Gasteiger partial charge in [0.05, 0.1) is 7.11 Å². The van der Waals surface area contributed by atoms with Crippen LogP contribution in [-0.2, 0) is 11.2 Å². The van der Waals surface area contributed by atoms with Crippen molar-refractivity contribution in [2.75, 3.05) is 31.6 Å². The first-order valence-corrected chi connectivity index (χ1v) is 9.05. The number of amides is 1. The van der Waals surface area contributed by atoms with Crippen molar-refractivity contribution in [3.05, 3.63) is 59.9 Å². The first kappa shape index (κ1) is 18.2. The molecule has 1 atom stereocenters. The van der Waals surface area contributed by atoms with Crippen LogP contribution in [0.1, 0.15) is 18.4 Å². The lowest BCUT2D eigenvalue weighted by atomic mass is 10.1. The second-order valence-corrected chi connectivity index (χ2v) is 6.69. The number of benzene rings is 2. The normalized spacial score (nSPS) is 16.5. The van der Waals surface area contributed by atoms with Gasteiger partial charge in [0.1, 0.15) is 11.6 Å². The number of nitrogens with zero attached hydrogens (tertiary/aromatic N) is 1. The molecule has 1 heterocycles. The van der Waals surface area contributed by atoms with Crippen molar-refractivity contribution in [3.8, 4) is 5.75 Å². The Morgan fingerprint density at radius 3 is 2.77 bits per heavy atom. The molecule has 0 aliphatic carbocycles. The third-order valence-electron chi connectivity index (χ3n) is 4.88. The molecule has 1 saturated heterocycles. The quantitative estimate of drug-likeness (QED) is 0.827. The van der Waals surface area contributed by atoms with Gasteiger partial charge < -0.3 is 15.0 Å². The Kier molecular flexibility index (Phi) is 6.10. The summed E-state index contributed by atoms with van der Waals surface area (Å²) in [7, 11) is 1.64. The van der Waals surface area contributed by atoms with Gasteiger partial charge in [0.2, 0.25) is 5.91 Å². The molecule has 0 saturated carbocycles. The molecular weight excluding hydrogens is 331 g/mol. The molecule has 2 aromatic carbocycles. The zero-order chi connectivity index (χ0) is 18.4. The van der Waals surface area contributed by atoms with Crippen molar-refractivity contribution in [1.82, 2.24) is 5.32 Å². The number of methoxy groups -OCH3 is 1. The summed E-state index contributed by atoms with van der Waals surface area (Å²) in [6.45, 7) is 2.51. The zero-order valence-corrected chi connectivity index (χ0v) is 15.1. The van der Waals surface area contributed by atoms with Gasteiger partial charge in [-0.3, -0.25) is 4.79 Å². The number of hydrogen-bond donors (Lipinski definition) is 1. The molecule has 1 aliphatic heterocycles. The summed E-state index contributed by atoms with van der Waals surface area (Å²) in [5.41, 5.74) is 2.09. The zero-order valence-electron chi connectivity index (χ0n) is 15.1. The van der Waals surface area contributed by atoms with E-state index in [2.05, 4.69) is 10.2 Å². The molecule has 4 nitrogen and oxygen atoms in total. The van der Waals surface area contributed by atoms with Gasteiger partial charge in [-0.1, -0.05) is 18.2 Å². The van der Waals surface area contributed by atoms with Crippen molar-refractivity contribution < 1.29 is 13.9 Å². The highest BCUT2D eigenvalue weighted by atomic mass is 19.1. The molecule has 0 spiro atoms. The van der Waals surface area contributed by atoms with Crippen LogP contribution in [0.15, 0.2) is 48.5 Å². The van der Waals surface area contributed by atoms with E-state index in [4.69, 9.17) is 4.74 Å². The highest BCUT2D eigenvalue weighted by molar-refractivity contribution is 5.76. The van der Waals surface area contributed by atoms with Crippen LogP contribution in [-0.4, -0.2) is 32.7 Å². The molecule has 1 fully saturated rings. The van der Waals surface area contributed by atoms with Gasteiger partial charge in [-0.25, -0.2) is 4.39 Å². The number of ether oxygens (including phenoxy) is 1. The third kappa shape index (κ3) is 4.75. The predicted octanol–water partition coefficient (Wildman–Crippen LogP) is 3.41. The van der Waals surface area contributed by atoms with Gasteiger partial charge in [0, 0.05) is 31.7 Å². The van der Waals surface area contributed by atoms with E-state index < -0.39 is 0 Å². The number of nitrogens with one attached hydrogen (secondary N) is 1. The second-order valence-electron chi connectivity index (χ2n) is 6.69. The molecule has 0 radical (unpaired) electrons. The van der Waals surface area contributed by atoms with E-state index in [1.54, 1.807) is 7.11 Å². The Labute approximate surface area is 154 Å². The SMILES string of the molecule is COc1ccccc1CCC(=O)NCC1CCN(c2ccc(F)cc2)C1. The molecule has 1 N–H and O–H groups in total. The minimum absolute atomic E-state index is 0.0659. The lowest BCUT2D eigenvalue weighted by Crippen LogP contribution is -2.31. The molecule has 5 heteroatoms. The number of hydrogen-bond acceptors (Lipinski definition) is 3. The molecule has 1 unspecified atom stereocenters. The average Bonchev–Trinajstić information content (AvgIpc) is 3.14. The third-order valence-corrected chi connectivity index (χ3v) is 4.88. The number of para-hydroxylation sites is 1. The van der Waals surface area contributed by atoms with Crippen molar-refractivity contribution in [1.29, 1.82) is 0 Å². The van der Waals surface area contributed by atoms with Gasteiger partial charge in [-0.15, -0.1) is 0 Å². The number of carbonyl (C=O) groups is 1. The van der Waals surface area contributed by atoms with Crippen molar-refractivity contribution in [2.45, 2.75) is 19.3 Å². The molecule has 1 amide bonds. The summed E-state index contributed by atoms with van der Waals surface area (Å²) in [5, 5.41) is 3.05. The number of halogens is 1. The van der Waals surface area contributed by atoms with Crippen LogP contribution in [0.2, 0.25) is 0 Å². The Morgan fingerprint density at radius 1 is 1.23 bits per heavy atom. The van der Waals surface area contributed by atoms with Crippen LogP contribution in [0.3, 0.4) is 0 Å². The first-order valence-electron chi connectivity index (χ1n) is 9.05. The molecule has 0 bridgehead atoms. The van der Waals surface area contributed by atoms with Gasteiger partial charge in [-0.05, 0) is 54.7 Å². The summed E-state index contributed by atoms with van der Waals surface area (Å²) in [6.07, 6.45) is 2.15. The first-order chi connectivity index (χ1) is 12.7. The fraction of sp³-hybridized carbons (Fsp3) is 0.381. The molecule has 3 rings (SSSR count). The van der Waals surface area contributed by atoms with Crippen LogP contribution in [0.4, 0.5) is 10.1 Å². The van der Waals surface area contributed by atoms with E-state index in [0.29, 0.717) is 25.3 Å². The topological polar surface area (TPSA) is 41.6 Å². The van der Waals surface area contributed by atoms with Crippen molar-refractivity contribution in [2.24, 2.45) is 5.92 Å². The highest BCUT2D eigenvalue weighted by Crippen LogP contribution is 2.23. The molecule has 26 heavy (non-hydrogen) atoms. The maximum atomic E-state index is 13.0. The fourth-order valence-corrected chi connectivity index (χ4v) is 3.39. The molecular formula is C21H25FN2O2. The number of rotatable bonds is 7.